The minimum absolute atomic E-state index is 0.205. The average Bonchev–Trinajstić information content (AvgIpc) is 3.11. The molecular formula is C27H47N5O19. The number of carbonyl (C=O) groups excluding carboxylic acids is 2. The standard InChI is InChI=1S/C27H47N5O19/c28-32-31-7-11-16(37)19(40)24(45)27(49-11)48-10(5-14(35)29-1-3-46-25-22(43)20(41)17(38)12(8-33)50-25)6-15(36)30-2-4-47-26-23(44)21(42)18(39)13(9-34)51-26/h10-13,16-27,33-34,37-45H,1-9H2,(H,29,35)(H,30,36)/t11-,12-,13-,16-,17-,18-,19+,20+,21+,22-,23-,24-,25-,26-,27-/m1/s1. The summed E-state index contributed by atoms with van der Waals surface area (Å²) in [4.78, 5) is 28.2. The normalized spacial score (nSPS) is 38.5. The predicted octanol–water partition coefficient (Wildman–Crippen LogP) is -7.86. The molecule has 0 aromatic heterocycles. The maximum absolute atomic E-state index is 12.8. The van der Waals surface area contributed by atoms with E-state index in [9.17, 15) is 65.8 Å². The van der Waals surface area contributed by atoms with Crippen LogP contribution in [0, 0.1) is 0 Å². The quantitative estimate of drug-likeness (QED) is 0.0268. The van der Waals surface area contributed by atoms with E-state index in [1.54, 1.807) is 0 Å². The molecule has 0 bridgehead atoms. The number of nitrogens with zero attached hydrogens (tertiary/aromatic N) is 3. The second kappa shape index (κ2) is 20.7. The molecule has 0 aromatic rings. The van der Waals surface area contributed by atoms with Crippen molar-refractivity contribution in [1.29, 1.82) is 0 Å². The fraction of sp³-hybridized carbons (Fsp3) is 0.926. The summed E-state index contributed by atoms with van der Waals surface area (Å²) in [7, 11) is 0. The van der Waals surface area contributed by atoms with Gasteiger partial charge in [0.25, 0.3) is 0 Å². The molecule has 24 heteroatoms. The minimum Gasteiger partial charge on any atom is -0.394 e. The first kappa shape index (κ1) is 43.0. The van der Waals surface area contributed by atoms with Gasteiger partial charge in [0.05, 0.1) is 58.0 Å². The van der Waals surface area contributed by atoms with Gasteiger partial charge in [-0.25, -0.2) is 0 Å². The zero-order chi connectivity index (χ0) is 37.8. The van der Waals surface area contributed by atoms with Gasteiger partial charge in [-0.15, -0.1) is 0 Å². The molecule has 3 fully saturated rings. The molecular weight excluding hydrogens is 698 g/mol. The van der Waals surface area contributed by atoms with Gasteiger partial charge < -0.3 is 95.2 Å². The van der Waals surface area contributed by atoms with Crippen LogP contribution in [0.4, 0.5) is 0 Å². The fourth-order valence-corrected chi connectivity index (χ4v) is 5.35. The number of aliphatic hydroxyl groups excluding tert-OH is 11. The number of aliphatic hydroxyl groups is 11. The molecule has 24 nitrogen and oxygen atoms in total. The summed E-state index contributed by atoms with van der Waals surface area (Å²) in [5.41, 5.74) is 8.62. The van der Waals surface area contributed by atoms with E-state index < -0.39 is 143 Å². The van der Waals surface area contributed by atoms with E-state index in [0.717, 1.165) is 0 Å². The van der Waals surface area contributed by atoms with E-state index in [2.05, 4.69) is 20.7 Å². The van der Waals surface area contributed by atoms with Crippen molar-refractivity contribution < 1.29 is 94.2 Å². The number of amides is 2. The Hall–Kier alpha value is -2.43. The van der Waals surface area contributed by atoms with E-state index in [1.165, 1.54) is 0 Å². The van der Waals surface area contributed by atoms with Gasteiger partial charge in [0.1, 0.15) is 67.1 Å². The first-order chi connectivity index (χ1) is 24.2. The van der Waals surface area contributed by atoms with Gasteiger partial charge in [0.2, 0.25) is 11.8 Å². The number of azide groups is 1. The monoisotopic (exact) mass is 745 g/mol. The molecule has 51 heavy (non-hydrogen) atoms. The van der Waals surface area contributed by atoms with Gasteiger partial charge in [-0.1, -0.05) is 5.11 Å². The highest BCUT2D eigenvalue weighted by atomic mass is 16.7. The molecule has 0 spiro atoms. The second-order valence-electron chi connectivity index (χ2n) is 11.9. The third kappa shape index (κ3) is 11.8. The lowest BCUT2D eigenvalue weighted by molar-refractivity contribution is -0.305. The third-order valence-corrected chi connectivity index (χ3v) is 8.26. The molecule has 0 aromatic carbocycles. The van der Waals surface area contributed by atoms with Crippen molar-refractivity contribution >= 4 is 11.8 Å². The Morgan fingerprint density at radius 3 is 1.43 bits per heavy atom. The maximum atomic E-state index is 12.8. The van der Waals surface area contributed by atoms with Crippen molar-refractivity contribution in [2.75, 3.05) is 46.1 Å². The van der Waals surface area contributed by atoms with E-state index in [-0.39, 0.29) is 26.3 Å². The van der Waals surface area contributed by atoms with Crippen LogP contribution in [0.5, 0.6) is 0 Å². The smallest absolute Gasteiger partial charge is 0.222 e. The van der Waals surface area contributed by atoms with Crippen LogP contribution in [0.1, 0.15) is 12.8 Å². The highest BCUT2D eigenvalue weighted by Crippen LogP contribution is 2.26. The summed E-state index contributed by atoms with van der Waals surface area (Å²) < 4.78 is 32.2. The lowest BCUT2D eigenvalue weighted by Crippen LogP contribution is -2.59. The fourth-order valence-electron chi connectivity index (χ4n) is 5.35. The number of nitrogens with one attached hydrogen (secondary N) is 2. The van der Waals surface area contributed by atoms with Gasteiger partial charge in [-0.05, 0) is 5.53 Å². The van der Waals surface area contributed by atoms with Crippen molar-refractivity contribution in [3.05, 3.63) is 10.4 Å². The Kier molecular flexibility index (Phi) is 17.5. The maximum Gasteiger partial charge on any atom is 0.222 e. The predicted molar refractivity (Wildman–Crippen MR) is 160 cm³/mol. The van der Waals surface area contributed by atoms with Crippen molar-refractivity contribution in [3.8, 4) is 0 Å². The van der Waals surface area contributed by atoms with Crippen molar-refractivity contribution in [2.45, 2.75) is 111 Å². The van der Waals surface area contributed by atoms with E-state index in [1.807, 2.05) is 0 Å². The lowest BCUT2D eigenvalue weighted by Gasteiger charge is -2.41. The first-order valence-corrected chi connectivity index (χ1v) is 16.0. The number of ether oxygens (including phenoxy) is 6. The zero-order valence-corrected chi connectivity index (χ0v) is 27.1. The average molecular weight is 746 g/mol. The summed E-state index contributed by atoms with van der Waals surface area (Å²) in [5, 5.41) is 117. The molecule has 3 aliphatic heterocycles. The summed E-state index contributed by atoms with van der Waals surface area (Å²) in [6.45, 7) is -2.80. The van der Waals surface area contributed by atoms with Crippen LogP contribution in [-0.4, -0.2) is 212 Å². The van der Waals surface area contributed by atoms with Gasteiger partial charge >= 0.3 is 0 Å². The van der Waals surface area contributed by atoms with Crippen molar-refractivity contribution in [1.82, 2.24) is 10.6 Å². The molecule has 2 amide bonds. The van der Waals surface area contributed by atoms with Gasteiger partial charge in [0.15, 0.2) is 18.9 Å². The summed E-state index contributed by atoms with van der Waals surface area (Å²) in [6, 6.07) is 0. The Morgan fingerprint density at radius 1 is 0.627 bits per heavy atom. The number of hydrogen-bond donors (Lipinski definition) is 13. The Balaban J connectivity index is 1.56. The summed E-state index contributed by atoms with van der Waals surface area (Å²) >= 11 is 0. The number of rotatable bonds is 18. The van der Waals surface area contributed by atoms with Crippen LogP contribution in [0.25, 0.3) is 10.4 Å². The lowest BCUT2D eigenvalue weighted by atomic mass is 9.99. The first-order valence-electron chi connectivity index (χ1n) is 16.0. The molecule has 0 aliphatic carbocycles. The molecule has 294 valence electrons. The molecule has 0 radical (unpaired) electrons. The van der Waals surface area contributed by atoms with Crippen LogP contribution in [0.2, 0.25) is 0 Å². The Bertz CT molecular complexity index is 1080. The molecule has 15 atom stereocenters. The highest BCUT2D eigenvalue weighted by Gasteiger charge is 2.46. The van der Waals surface area contributed by atoms with Gasteiger partial charge in [0, 0.05) is 18.0 Å². The van der Waals surface area contributed by atoms with Gasteiger partial charge in [-0.3, -0.25) is 9.59 Å². The minimum atomic E-state index is -1.87. The molecule has 3 rings (SSSR count). The molecule has 3 saturated heterocycles. The van der Waals surface area contributed by atoms with Crippen molar-refractivity contribution in [2.24, 2.45) is 5.11 Å². The van der Waals surface area contributed by atoms with Crippen LogP contribution in [0.15, 0.2) is 5.11 Å². The highest BCUT2D eigenvalue weighted by molar-refractivity contribution is 5.79. The Morgan fingerprint density at radius 2 is 1.02 bits per heavy atom. The van der Waals surface area contributed by atoms with Crippen molar-refractivity contribution in [3.63, 3.8) is 0 Å². The second-order valence-corrected chi connectivity index (χ2v) is 11.9. The van der Waals surface area contributed by atoms with Crippen LogP contribution in [0.3, 0.4) is 0 Å². The van der Waals surface area contributed by atoms with E-state index in [4.69, 9.17) is 34.0 Å². The summed E-state index contributed by atoms with van der Waals surface area (Å²) in [5.74, 6) is -1.46. The largest absolute Gasteiger partial charge is 0.394 e. The molecule has 3 aliphatic rings. The SMILES string of the molecule is [N-]=[N+]=NC[C@H]1O[C@@H](OC(CC(=O)NCCO[C@@H]2O[C@H](CO)[C@@H](O)[C@H](O)[C@H]2O)CC(=O)NCCO[C@@H]2O[C@H](CO)[C@@H](O)[C@H](O)[C@H]2O)[C@H](O)[C@@H](O)[C@@H]1O. The molecule has 13 N–H and O–H groups in total. The Labute approximate surface area is 289 Å². The third-order valence-electron chi connectivity index (χ3n) is 8.26. The topological polar surface area (TPSA) is 385 Å². The number of hydrogen-bond acceptors (Lipinski definition) is 20. The van der Waals surface area contributed by atoms with E-state index in [0.29, 0.717) is 0 Å². The van der Waals surface area contributed by atoms with Gasteiger partial charge in [-0.2, -0.15) is 0 Å². The zero-order valence-electron chi connectivity index (χ0n) is 27.1. The molecule has 0 unspecified atom stereocenters. The van der Waals surface area contributed by atoms with E-state index >= 15 is 0 Å². The number of carbonyl (C=O) groups is 2. The molecule has 0 saturated carbocycles. The summed E-state index contributed by atoms with van der Waals surface area (Å²) in [6.07, 6.45) is -26.1. The van der Waals surface area contributed by atoms with Crippen LogP contribution < -0.4 is 10.6 Å². The van der Waals surface area contributed by atoms with Crippen LogP contribution in [-0.2, 0) is 38.0 Å². The van der Waals surface area contributed by atoms with Crippen LogP contribution >= 0.6 is 0 Å². The molecule has 3 heterocycles.